The molecule has 0 bridgehead atoms. The maximum Gasteiger partial charge on any atom is 0.150 e. The smallest absolute Gasteiger partial charge is 0.150 e. The van der Waals surface area contributed by atoms with Crippen LogP contribution < -0.4 is 0 Å². The zero-order valence-corrected chi connectivity index (χ0v) is 10.9. The van der Waals surface area contributed by atoms with E-state index >= 15 is 0 Å². The van der Waals surface area contributed by atoms with Gasteiger partial charge in [-0.2, -0.15) is 0 Å². The molecule has 0 radical (unpaired) electrons. The molecule has 0 aromatic heterocycles. The molecule has 0 spiro atoms. The van der Waals surface area contributed by atoms with E-state index in [9.17, 15) is 13.2 Å². The topological polar surface area (TPSA) is 60.4 Å². The summed E-state index contributed by atoms with van der Waals surface area (Å²) in [6.07, 6.45) is 4.86. The predicted molar refractivity (Wildman–Crippen MR) is 64.6 cm³/mol. The summed E-state index contributed by atoms with van der Waals surface area (Å²) in [6, 6.07) is 0. The van der Waals surface area contributed by atoms with Gasteiger partial charge in [0.15, 0.2) is 9.84 Å². The molecule has 0 aromatic carbocycles. The molecule has 0 amide bonds. The largest absolute Gasteiger partial charge is 0.378 e. The van der Waals surface area contributed by atoms with E-state index < -0.39 is 9.84 Å². The molecule has 2 rings (SSSR count). The second-order valence-electron chi connectivity index (χ2n) is 5.19. The van der Waals surface area contributed by atoms with Crippen LogP contribution in [0, 0.1) is 5.92 Å². The third kappa shape index (κ3) is 4.07. The molecule has 2 unspecified atom stereocenters. The number of carbonyl (C=O) groups is 1. The Kier molecular flexibility index (Phi) is 4.20. The molecule has 2 fully saturated rings. The van der Waals surface area contributed by atoms with Crippen LogP contribution in [0.25, 0.3) is 0 Å². The van der Waals surface area contributed by atoms with Crippen LogP contribution in [0.1, 0.15) is 38.5 Å². The number of ether oxygens (including phenoxy) is 1. The molecule has 4 nitrogen and oxygen atoms in total. The van der Waals surface area contributed by atoms with E-state index in [0.29, 0.717) is 19.3 Å². The minimum atomic E-state index is -2.85. The summed E-state index contributed by atoms with van der Waals surface area (Å²) < 4.78 is 28.0. The Bertz CT molecular complexity index is 368. The molecule has 17 heavy (non-hydrogen) atoms. The summed E-state index contributed by atoms with van der Waals surface area (Å²) in [6.45, 7) is 0.819. The Morgan fingerprint density at radius 2 is 2.12 bits per heavy atom. The molecular weight excluding hydrogens is 240 g/mol. The van der Waals surface area contributed by atoms with E-state index in [1.165, 1.54) is 0 Å². The van der Waals surface area contributed by atoms with Crippen LogP contribution in [0.15, 0.2) is 0 Å². The third-order valence-electron chi connectivity index (χ3n) is 3.61. The second-order valence-corrected chi connectivity index (χ2v) is 7.41. The normalized spacial score (nSPS) is 31.8. The lowest BCUT2D eigenvalue weighted by Crippen LogP contribution is -2.13. The highest BCUT2D eigenvalue weighted by atomic mass is 32.2. The van der Waals surface area contributed by atoms with Crippen molar-refractivity contribution in [2.24, 2.45) is 5.92 Å². The van der Waals surface area contributed by atoms with Gasteiger partial charge in [0.1, 0.15) is 5.78 Å². The molecule has 0 N–H and O–H groups in total. The SMILES string of the molecule is O=C(CCC1CCCO1)CC1CCS(=O)(=O)C1. The van der Waals surface area contributed by atoms with Gasteiger partial charge in [-0.25, -0.2) is 8.42 Å². The fraction of sp³-hybridized carbons (Fsp3) is 0.917. The highest BCUT2D eigenvalue weighted by Crippen LogP contribution is 2.23. The van der Waals surface area contributed by atoms with Gasteiger partial charge in [0.2, 0.25) is 0 Å². The summed E-state index contributed by atoms with van der Waals surface area (Å²) in [7, 11) is -2.85. The van der Waals surface area contributed by atoms with Crippen molar-refractivity contribution in [3.8, 4) is 0 Å². The number of hydrogen-bond acceptors (Lipinski definition) is 4. The second kappa shape index (κ2) is 5.48. The quantitative estimate of drug-likeness (QED) is 0.748. The van der Waals surface area contributed by atoms with Crippen molar-refractivity contribution in [1.29, 1.82) is 0 Å². The fourth-order valence-corrected chi connectivity index (χ4v) is 4.51. The molecule has 98 valence electrons. The number of ketones is 1. The van der Waals surface area contributed by atoms with Gasteiger partial charge in [-0.3, -0.25) is 4.79 Å². The van der Waals surface area contributed by atoms with E-state index in [2.05, 4.69) is 0 Å². The van der Waals surface area contributed by atoms with Crippen molar-refractivity contribution >= 4 is 15.6 Å². The van der Waals surface area contributed by atoms with Gasteiger partial charge < -0.3 is 4.74 Å². The van der Waals surface area contributed by atoms with Crippen LogP contribution in [-0.2, 0) is 19.4 Å². The first kappa shape index (κ1) is 13.0. The van der Waals surface area contributed by atoms with Crippen LogP contribution in [0.2, 0.25) is 0 Å². The maximum absolute atomic E-state index is 11.7. The molecule has 2 heterocycles. The van der Waals surface area contributed by atoms with Crippen LogP contribution >= 0.6 is 0 Å². The van der Waals surface area contributed by atoms with Crippen LogP contribution in [-0.4, -0.2) is 38.4 Å². The first-order chi connectivity index (χ1) is 8.05. The average Bonchev–Trinajstić information content (AvgIpc) is 2.85. The standard InChI is InChI=1S/C12H20O4S/c13-11(3-4-12-2-1-6-16-12)8-10-5-7-17(14,15)9-10/h10,12H,1-9H2. The monoisotopic (exact) mass is 260 g/mol. The highest BCUT2D eigenvalue weighted by molar-refractivity contribution is 7.91. The van der Waals surface area contributed by atoms with E-state index in [0.717, 1.165) is 25.9 Å². The summed E-state index contributed by atoms with van der Waals surface area (Å²) >= 11 is 0. The van der Waals surface area contributed by atoms with Crippen molar-refractivity contribution in [2.75, 3.05) is 18.1 Å². The average molecular weight is 260 g/mol. The van der Waals surface area contributed by atoms with Crippen molar-refractivity contribution in [3.63, 3.8) is 0 Å². The fourth-order valence-electron chi connectivity index (χ4n) is 2.65. The molecule has 2 saturated heterocycles. The van der Waals surface area contributed by atoms with Gasteiger partial charge in [0.25, 0.3) is 0 Å². The van der Waals surface area contributed by atoms with Crippen molar-refractivity contribution < 1.29 is 17.9 Å². The Labute approximate surface area is 103 Å². The molecule has 2 aliphatic heterocycles. The number of Topliss-reactive ketones (excluding diaryl/α,β-unsaturated/α-hetero) is 1. The Balaban J connectivity index is 1.67. The first-order valence-corrected chi connectivity index (χ1v) is 8.21. The molecular formula is C12H20O4S. The van der Waals surface area contributed by atoms with Crippen LogP contribution in [0.4, 0.5) is 0 Å². The van der Waals surface area contributed by atoms with Gasteiger partial charge in [0.05, 0.1) is 17.6 Å². The highest BCUT2D eigenvalue weighted by Gasteiger charge is 2.29. The zero-order valence-electron chi connectivity index (χ0n) is 10.1. The Morgan fingerprint density at radius 1 is 1.29 bits per heavy atom. The number of hydrogen-bond donors (Lipinski definition) is 0. The van der Waals surface area contributed by atoms with Gasteiger partial charge in [-0.05, 0) is 31.6 Å². The summed E-state index contributed by atoms with van der Waals surface area (Å²) in [4.78, 5) is 11.7. The predicted octanol–water partition coefficient (Wildman–Crippen LogP) is 1.34. The lowest BCUT2D eigenvalue weighted by atomic mass is 9.98. The minimum absolute atomic E-state index is 0.0667. The summed E-state index contributed by atoms with van der Waals surface area (Å²) in [5.74, 6) is 0.731. The van der Waals surface area contributed by atoms with E-state index in [1.807, 2.05) is 0 Å². The van der Waals surface area contributed by atoms with Gasteiger partial charge in [0, 0.05) is 19.4 Å². The van der Waals surface area contributed by atoms with E-state index in [-0.39, 0.29) is 29.3 Å². The lowest BCUT2D eigenvalue weighted by molar-refractivity contribution is -0.120. The van der Waals surface area contributed by atoms with Crippen molar-refractivity contribution in [2.45, 2.75) is 44.6 Å². The van der Waals surface area contributed by atoms with Gasteiger partial charge in [-0.15, -0.1) is 0 Å². The molecule has 0 saturated carbocycles. The van der Waals surface area contributed by atoms with Gasteiger partial charge >= 0.3 is 0 Å². The minimum Gasteiger partial charge on any atom is -0.378 e. The van der Waals surface area contributed by atoms with Crippen molar-refractivity contribution in [1.82, 2.24) is 0 Å². The van der Waals surface area contributed by atoms with Gasteiger partial charge in [-0.1, -0.05) is 0 Å². The molecule has 2 aliphatic rings. The van der Waals surface area contributed by atoms with E-state index in [1.54, 1.807) is 0 Å². The van der Waals surface area contributed by atoms with E-state index in [4.69, 9.17) is 4.74 Å². The van der Waals surface area contributed by atoms with Crippen molar-refractivity contribution in [3.05, 3.63) is 0 Å². The first-order valence-electron chi connectivity index (χ1n) is 6.39. The summed E-state index contributed by atoms with van der Waals surface area (Å²) in [5.41, 5.74) is 0. The van der Waals surface area contributed by atoms with Crippen LogP contribution in [0.5, 0.6) is 0 Å². The molecule has 0 aliphatic carbocycles. The molecule has 2 atom stereocenters. The summed E-state index contributed by atoms with van der Waals surface area (Å²) in [5, 5.41) is 0. The maximum atomic E-state index is 11.7. The Morgan fingerprint density at radius 3 is 2.71 bits per heavy atom. The molecule has 0 aromatic rings. The third-order valence-corrected chi connectivity index (χ3v) is 5.45. The Hall–Kier alpha value is -0.420. The van der Waals surface area contributed by atoms with Crippen LogP contribution in [0.3, 0.4) is 0 Å². The molecule has 5 heteroatoms. The lowest BCUT2D eigenvalue weighted by Gasteiger charge is -2.10. The number of sulfone groups is 1. The number of carbonyl (C=O) groups excluding carboxylic acids is 1. The zero-order chi connectivity index (χ0) is 12.3. The number of rotatable bonds is 5.